The minimum absolute atomic E-state index is 0.104. The molecular formula is C13H9BrFNO. The van der Waals surface area contributed by atoms with E-state index in [-0.39, 0.29) is 17.9 Å². The smallest absolute Gasteiger partial charge is 0.188 e. The predicted octanol–water partition coefficient (Wildman–Crippen LogP) is 3.41. The van der Waals surface area contributed by atoms with Crippen LogP contribution in [0.15, 0.2) is 47.1 Å². The van der Waals surface area contributed by atoms with Crippen LogP contribution in [-0.4, -0.2) is 10.8 Å². The first-order valence-corrected chi connectivity index (χ1v) is 5.84. The van der Waals surface area contributed by atoms with Gasteiger partial charge in [-0.05, 0) is 29.8 Å². The van der Waals surface area contributed by atoms with Crippen LogP contribution in [0.2, 0.25) is 0 Å². The molecule has 0 bridgehead atoms. The summed E-state index contributed by atoms with van der Waals surface area (Å²) in [6.45, 7) is 0. The molecule has 86 valence electrons. The number of rotatable bonds is 3. The molecule has 17 heavy (non-hydrogen) atoms. The summed E-state index contributed by atoms with van der Waals surface area (Å²) in [7, 11) is 0. The highest BCUT2D eigenvalue weighted by Crippen LogP contribution is 2.14. The van der Waals surface area contributed by atoms with Gasteiger partial charge < -0.3 is 0 Å². The molecule has 0 aliphatic rings. The van der Waals surface area contributed by atoms with Crippen molar-refractivity contribution in [3.63, 3.8) is 0 Å². The van der Waals surface area contributed by atoms with Gasteiger partial charge in [-0.15, -0.1) is 0 Å². The van der Waals surface area contributed by atoms with Crippen LogP contribution < -0.4 is 0 Å². The van der Waals surface area contributed by atoms with Gasteiger partial charge in [0.05, 0.1) is 0 Å². The van der Waals surface area contributed by atoms with Gasteiger partial charge >= 0.3 is 0 Å². The fourth-order valence-corrected chi connectivity index (χ4v) is 1.95. The lowest BCUT2D eigenvalue weighted by Crippen LogP contribution is -2.08. The highest BCUT2D eigenvalue weighted by Gasteiger charge is 2.13. The number of aromatic nitrogens is 1. The zero-order valence-corrected chi connectivity index (χ0v) is 10.4. The van der Waals surface area contributed by atoms with Crippen LogP contribution in [0, 0.1) is 5.82 Å². The van der Waals surface area contributed by atoms with Crippen LogP contribution in [-0.2, 0) is 6.42 Å². The van der Waals surface area contributed by atoms with Crippen LogP contribution in [0.25, 0.3) is 0 Å². The molecule has 0 spiro atoms. The van der Waals surface area contributed by atoms with Gasteiger partial charge in [-0.25, -0.2) is 4.39 Å². The first-order valence-electron chi connectivity index (χ1n) is 5.05. The average molecular weight is 294 g/mol. The van der Waals surface area contributed by atoms with Crippen molar-refractivity contribution in [2.24, 2.45) is 0 Å². The highest BCUT2D eigenvalue weighted by molar-refractivity contribution is 9.10. The van der Waals surface area contributed by atoms with Crippen LogP contribution in [0.4, 0.5) is 4.39 Å². The van der Waals surface area contributed by atoms with E-state index in [2.05, 4.69) is 20.9 Å². The average Bonchev–Trinajstić information content (AvgIpc) is 2.29. The van der Waals surface area contributed by atoms with Gasteiger partial charge in [-0.2, -0.15) is 0 Å². The molecule has 1 aromatic heterocycles. The molecule has 0 amide bonds. The Balaban J connectivity index is 2.20. The number of halogens is 2. The second-order valence-electron chi connectivity index (χ2n) is 3.56. The lowest BCUT2D eigenvalue weighted by atomic mass is 10.1. The maximum absolute atomic E-state index is 13.3. The van der Waals surface area contributed by atoms with Gasteiger partial charge in [-0.3, -0.25) is 9.78 Å². The summed E-state index contributed by atoms with van der Waals surface area (Å²) in [5.74, 6) is -0.895. The molecule has 2 aromatic rings. The molecule has 2 rings (SSSR count). The van der Waals surface area contributed by atoms with Crippen molar-refractivity contribution in [1.82, 2.24) is 4.98 Å². The summed E-state index contributed by atoms with van der Waals surface area (Å²) < 4.78 is 14.2. The third kappa shape index (κ3) is 2.97. The lowest BCUT2D eigenvalue weighted by molar-refractivity contribution is 0.0984. The van der Waals surface area contributed by atoms with E-state index in [1.165, 1.54) is 18.3 Å². The van der Waals surface area contributed by atoms with Crippen molar-refractivity contribution in [3.05, 3.63) is 64.1 Å². The Labute approximate surface area is 107 Å². The second kappa shape index (κ2) is 5.19. The van der Waals surface area contributed by atoms with E-state index in [4.69, 9.17) is 0 Å². The second-order valence-corrected chi connectivity index (χ2v) is 4.48. The largest absolute Gasteiger partial charge is 0.292 e. The van der Waals surface area contributed by atoms with Crippen molar-refractivity contribution in [2.75, 3.05) is 0 Å². The Morgan fingerprint density at radius 3 is 2.82 bits per heavy atom. The third-order valence-electron chi connectivity index (χ3n) is 2.28. The highest BCUT2D eigenvalue weighted by atomic mass is 79.9. The first-order chi connectivity index (χ1) is 8.16. The Hall–Kier alpha value is -1.55. The number of Topliss-reactive ketones (excluding diaryl/α,β-unsaturated/α-hetero) is 1. The van der Waals surface area contributed by atoms with Crippen LogP contribution in [0.3, 0.4) is 0 Å². The molecule has 1 aromatic carbocycles. The minimum atomic E-state index is -0.576. The number of ketones is 1. The molecule has 0 N–H and O–H groups in total. The van der Waals surface area contributed by atoms with E-state index >= 15 is 0 Å². The van der Waals surface area contributed by atoms with E-state index in [1.807, 2.05) is 24.3 Å². The number of carbonyl (C=O) groups excluding carboxylic acids is 1. The molecule has 2 nitrogen and oxygen atoms in total. The summed E-state index contributed by atoms with van der Waals surface area (Å²) >= 11 is 3.32. The molecule has 0 aliphatic heterocycles. The summed E-state index contributed by atoms with van der Waals surface area (Å²) in [6, 6.07) is 10.1. The topological polar surface area (TPSA) is 30.0 Å². The van der Waals surface area contributed by atoms with Gasteiger partial charge in [0, 0.05) is 17.1 Å². The van der Waals surface area contributed by atoms with Crippen LogP contribution >= 0.6 is 15.9 Å². The van der Waals surface area contributed by atoms with Gasteiger partial charge in [0.25, 0.3) is 0 Å². The molecule has 0 radical (unpaired) electrons. The summed E-state index contributed by atoms with van der Waals surface area (Å²) in [6.07, 6.45) is 1.56. The summed E-state index contributed by atoms with van der Waals surface area (Å²) in [5, 5.41) is 0. The number of nitrogens with zero attached hydrogens (tertiary/aromatic N) is 1. The van der Waals surface area contributed by atoms with Crippen molar-refractivity contribution >= 4 is 21.7 Å². The fourth-order valence-electron chi connectivity index (χ4n) is 1.51. The molecular weight excluding hydrogens is 285 g/mol. The van der Waals surface area contributed by atoms with Gasteiger partial charge in [-0.1, -0.05) is 28.1 Å². The van der Waals surface area contributed by atoms with Gasteiger partial charge in [0.15, 0.2) is 11.6 Å². The van der Waals surface area contributed by atoms with Crippen molar-refractivity contribution in [1.29, 1.82) is 0 Å². The molecule has 0 unspecified atom stereocenters. The van der Waals surface area contributed by atoms with Gasteiger partial charge in [0.1, 0.15) is 5.69 Å². The van der Waals surface area contributed by atoms with E-state index in [9.17, 15) is 9.18 Å². The molecule has 0 fully saturated rings. The number of hydrogen-bond donors (Lipinski definition) is 0. The van der Waals surface area contributed by atoms with Crippen molar-refractivity contribution in [3.8, 4) is 0 Å². The predicted molar refractivity (Wildman–Crippen MR) is 66.4 cm³/mol. The summed E-state index contributed by atoms with van der Waals surface area (Å²) in [4.78, 5) is 15.6. The van der Waals surface area contributed by atoms with Crippen LogP contribution in [0.5, 0.6) is 0 Å². The quantitative estimate of drug-likeness (QED) is 0.812. The number of hydrogen-bond acceptors (Lipinski definition) is 2. The standard InChI is InChI=1S/C13H9BrFNO/c14-10-4-1-3-9(7-10)8-12(17)13-11(15)5-2-6-16-13/h1-7H,8H2. The normalized spacial score (nSPS) is 10.2. The number of benzene rings is 1. The number of carbonyl (C=O) groups is 1. The Kier molecular flexibility index (Phi) is 3.64. The molecule has 4 heteroatoms. The molecule has 0 atom stereocenters. The fraction of sp³-hybridized carbons (Fsp3) is 0.0769. The minimum Gasteiger partial charge on any atom is -0.292 e. The summed E-state index contributed by atoms with van der Waals surface area (Å²) in [5.41, 5.74) is 0.724. The molecule has 0 aliphatic carbocycles. The van der Waals surface area contributed by atoms with Crippen LogP contribution in [0.1, 0.15) is 16.1 Å². The SMILES string of the molecule is O=C(Cc1cccc(Br)c1)c1ncccc1F. The monoisotopic (exact) mass is 293 g/mol. The molecule has 0 saturated carbocycles. The third-order valence-corrected chi connectivity index (χ3v) is 2.77. The Bertz CT molecular complexity index is 557. The first kappa shape index (κ1) is 11.9. The van der Waals surface area contributed by atoms with E-state index in [0.717, 1.165) is 10.0 Å². The maximum atomic E-state index is 13.3. The van der Waals surface area contributed by atoms with Crippen molar-refractivity contribution in [2.45, 2.75) is 6.42 Å². The zero-order valence-electron chi connectivity index (χ0n) is 8.86. The molecule has 0 saturated heterocycles. The Morgan fingerprint density at radius 2 is 2.12 bits per heavy atom. The lowest BCUT2D eigenvalue weighted by Gasteiger charge is -2.02. The van der Waals surface area contributed by atoms with E-state index in [0.29, 0.717) is 0 Å². The Morgan fingerprint density at radius 1 is 1.29 bits per heavy atom. The van der Waals surface area contributed by atoms with Crippen molar-refractivity contribution < 1.29 is 9.18 Å². The van der Waals surface area contributed by atoms with E-state index in [1.54, 1.807) is 0 Å². The number of pyridine rings is 1. The molecule has 1 heterocycles. The van der Waals surface area contributed by atoms with E-state index < -0.39 is 5.82 Å². The van der Waals surface area contributed by atoms with Gasteiger partial charge in [0.2, 0.25) is 0 Å². The zero-order chi connectivity index (χ0) is 12.3. The maximum Gasteiger partial charge on any atom is 0.188 e.